The highest BCUT2D eigenvalue weighted by Gasteiger charge is 2.12. The fraction of sp³-hybridized carbons (Fsp3) is 0.412. The van der Waals surface area contributed by atoms with Gasteiger partial charge in [-0.25, -0.2) is 0 Å². The topological polar surface area (TPSA) is 12.0 Å². The minimum Gasteiger partial charge on any atom is -0.310 e. The molecular weight excluding hydrogens is 250 g/mol. The van der Waals surface area contributed by atoms with Gasteiger partial charge in [-0.3, -0.25) is 0 Å². The van der Waals surface area contributed by atoms with Crippen molar-refractivity contribution in [3.05, 3.63) is 57.8 Å². The van der Waals surface area contributed by atoms with E-state index >= 15 is 0 Å². The lowest BCUT2D eigenvalue weighted by molar-refractivity contribution is 0.553. The molecule has 0 spiro atoms. The second kappa shape index (κ2) is 6.88. The molecule has 1 nitrogen and oxygen atoms in total. The molecular formula is C17H23NS. The molecule has 2 rings (SSSR count). The van der Waals surface area contributed by atoms with Crippen LogP contribution in [0, 0.1) is 0 Å². The molecule has 102 valence electrons. The number of hydrogen-bond acceptors (Lipinski definition) is 2. The quantitative estimate of drug-likeness (QED) is 0.799. The normalized spacial score (nSPS) is 12.8. The zero-order chi connectivity index (χ0) is 13.7. The fourth-order valence-corrected chi connectivity index (χ4v) is 3.05. The summed E-state index contributed by atoms with van der Waals surface area (Å²) in [5, 5.41) is 5.75. The first kappa shape index (κ1) is 14.3. The van der Waals surface area contributed by atoms with E-state index in [1.54, 1.807) is 0 Å². The van der Waals surface area contributed by atoms with Gasteiger partial charge in [0.25, 0.3) is 0 Å². The van der Waals surface area contributed by atoms with E-state index in [1.165, 1.54) is 16.0 Å². The largest absolute Gasteiger partial charge is 0.310 e. The molecule has 0 bridgehead atoms. The summed E-state index contributed by atoms with van der Waals surface area (Å²) in [6, 6.07) is 13.8. The lowest BCUT2D eigenvalue weighted by Crippen LogP contribution is -2.22. The summed E-state index contributed by atoms with van der Waals surface area (Å²) < 4.78 is 0. The van der Waals surface area contributed by atoms with Gasteiger partial charge in [-0.05, 0) is 35.0 Å². The van der Waals surface area contributed by atoms with Crippen LogP contribution >= 0.6 is 11.3 Å². The Labute approximate surface area is 120 Å². The highest BCUT2D eigenvalue weighted by Crippen LogP contribution is 2.23. The molecule has 0 aliphatic heterocycles. The minimum absolute atomic E-state index is 0.421. The van der Waals surface area contributed by atoms with Crippen LogP contribution in [-0.2, 0) is 6.42 Å². The SMILES string of the molecule is CCNC(Cc1cccs1)c1ccc(C(C)C)cc1. The van der Waals surface area contributed by atoms with Gasteiger partial charge in [0.2, 0.25) is 0 Å². The van der Waals surface area contributed by atoms with Crippen molar-refractivity contribution in [1.29, 1.82) is 0 Å². The summed E-state index contributed by atoms with van der Waals surface area (Å²) in [5.41, 5.74) is 2.80. The van der Waals surface area contributed by atoms with Crippen LogP contribution in [0.15, 0.2) is 41.8 Å². The third-order valence-corrected chi connectivity index (χ3v) is 4.34. The average Bonchev–Trinajstić information content (AvgIpc) is 2.91. The molecule has 0 saturated heterocycles. The Kier molecular flexibility index (Phi) is 5.17. The van der Waals surface area contributed by atoms with E-state index in [0.717, 1.165) is 13.0 Å². The van der Waals surface area contributed by atoms with Crippen molar-refractivity contribution in [2.75, 3.05) is 6.54 Å². The van der Waals surface area contributed by atoms with Crippen molar-refractivity contribution in [3.63, 3.8) is 0 Å². The number of nitrogens with one attached hydrogen (secondary N) is 1. The summed E-state index contributed by atoms with van der Waals surface area (Å²) in [4.78, 5) is 1.44. The summed E-state index contributed by atoms with van der Waals surface area (Å²) in [6.07, 6.45) is 1.08. The zero-order valence-electron chi connectivity index (χ0n) is 12.0. The third kappa shape index (κ3) is 3.92. The van der Waals surface area contributed by atoms with Crippen LogP contribution in [0.1, 0.15) is 48.7 Å². The van der Waals surface area contributed by atoms with Gasteiger partial charge in [0.15, 0.2) is 0 Å². The first-order valence-electron chi connectivity index (χ1n) is 7.06. The summed E-state index contributed by atoms with van der Waals surface area (Å²) in [5.74, 6) is 0.601. The van der Waals surface area contributed by atoms with Crippen LogP contribution in [0.2, 0.25) is 0 Å². The molecule has 19 heavy (non-hydrogen) atoms. The number of hydrogen-bond donors (Lipinski definition) is 1. The third-order valence-electron chi connectivity index (χ3n) is 3.44. The molecule has 0 amide bonds. The maximum atomic E-state index is 3.59. The van der Waals surface area contributed by atoms with Gasteiger partial charge in [-0.1, -0.05) is 51.1 Å². The molecule has 1 N–H and O–H groups in total. The van der Waals surface area contributed by atoms with Crippen molar-refractivity contribution in [2.45, 2.75) is 39.2 Å². The Balaban J connectivity index is 2.13. The Morgan fingerprint density at radius 1 is 1.05 bits per heavy atom. The molecule has 0 fully saturated rings. The maximum Gasteiger partial charge on any atom is 0.0368 e. The highest BCUT2D eigenvalue weighted by molar-refractivity contribution is 7.09. The Hall–Kier alpha value is -1.12. The maximum absolute atomic E-state index is 3.59. The molecule has 1 heterocycles. The highest BCUT2D eigenvalue weighted by atomic mass is 32.1. The van der Waals surface area contributed by atoms with Gasteiger partial charge < -0.3 is 5.32 Å². The molecule has 2 aromatic rings. The standard InChI is InChI=1S/C17H23NS/c1-4-18-17(12-16-6-5-11-19-16)15-9-7-14(8-10-15)13(2)3/h5-11,13,17-18H,4,12H2,1-3H3. The first-order chi connectivity index (χ1) is 9.20. The van der Waals surface area contributed by atoms with Crippen LogP contribution in [-0.4, -0.2) is 6.54 Å². The lowest BCUT2D eigenvalue weighted by atomic mass is 9.97. The van der Waals surface area contributed by atoms with E-state index < -0.39 is 0 Å². The average molecular weight is 273 g/mol. The Bertz CT molecular complexity index is 470. The fourth-order valence-electron chi connectivity index (χ4n) is 2.30. The van der Waals surface area contributed by atoms with E-state index in [1.807, 2.05) is 11.3 Å². The minimum atomic E-state index is 0.421. The van der Waals surface area contributed by atoms with E-state index in [0.29, 0.717) is 12.0 Å². The van der Waals surface area contributed by atoms with Gasteiger partial charge in [-0.15, -0.1) is 11.3 Å². The second-order valence-electron chi connectivity index (χ2n) is 5.22. The van der Waals surface area contributed by atoms with Gasteiger partial charge >= 0.3 is 0 Å². The number of thiophene rings is 1. The van der Waals surface area contributed by atoms with E-state index in [-0.39, 0.29) is 0 Å². The molecule has 1 atom stereocenters. The van der Waals surface area contributed by atoms with Gasteiger partial charge in [0.05, 0.1) is 0 Å². The van der Waals surface area contributed by atoms with E-state index in [9.17, 15) is 0 Å². The van der Waals surface area contributed by atoms with Crippen LogP contribution in [0.25, 0.3) is 0 Å². The predicted octanol–water partition coefficient (Wildman–Crippen LogP) is 4.76. The molecule has 0 radical (unpaired) electrons. The zero-order valence-corrected chi connectivity index (χ0v) is 12.8. The van der Waals surface area contributed by atoms with Crippen molar-refractivity contribution < 1.29 is 0 Å². The van der Waals surface area contributed by atoms with Crippen molar-refractivity contribution in [1.82, 2.24) is 5.32 Å². The second-order valence-corrected chi connectivity index (χ2v) is 6.25. The van der Waals surface area contributed by atoms with Crippen LogP contribution < -0.4 is 5.32 Å². The van der Waals surface area contributed by atoms with Crippen LogP contribution in [0.3, 0.4) is 0 Å². The molecule has 0 aliphatic rings. The summed E-state index contributed by atoms with van der Waals surface area (Å²) in [7, 11) is 0. The molecule has 0 saturated carbocycles. The van der Waals surface area contributed by atoms with Gasteiger partial charge in [-0.2, -0.15) is 0 Å². The predicted molar refractivity (Wildman–Crippen MR) is 85.0 cm³/mol. The number of rotatable bonds is 6. The van der Waals surface area contributed by atoms with Crippen LogP contribution in [0.4, 0.5) is 0 Å². The Morgan fingerprint density at radius 2 is 1.74 bits per heavy atom. The molecule has 0 aliphatic carbocycles. The lowest BCUT2D eigenvalue weighted by Gasteiger charge is -2.18. The van der Waals surface area contributed by atoms with E-state index in [2.05, 4.69) is 67.9 Å². The molecule has 1 aromatic heterocycles. The molecule has 1 unspecified atom stereocenters. The van der Waals surface area contributed by atoms with E-state index in [4.69, 9.17) is 0 Å². The van der Waals surface area contributed by atoms with Gasteiger partial charge in [0, 0.05) is 17.3 Å². The Morgan fingerprint density at radius 3 is 2.26 bits per heavy atom. The molecule has 1 aromatic carbocycles. The number of benzene rings is 1. The number of likely N-dealkylation sites (N-methyl/N-ethyl adjacent to an activating group) is 1. The monoisotopic (exact) mass is 273 g/mol. The van der Waals surface area contributed by atoms with Crippen molar-refractivity contribution in [3.8, 4) is 0 Å². The first-order valence-corrected chi connectivity index (χ1v) is 7.94. The molecule has 2 heteroatoms. The van der Waals surface area contributed by atoms with Gasteiger partial charge in [0.1, 0.15) is 0 Å². The van der Waals surface area contributed by atoms with Crippen molar-refractivity contribution >= 4 is 11.3 Å². The van der Waals surface area contributed by atoms with Crippen LogP contribution in [0.5, 0.6) is 0 Å². The summed E-state index contributed by atoms with van der Waals surface area (Å²) in [6.45, 7) is 7.65. The smallest absolute Gasteiger partial charge is 0.0368 e. The summed E-state index contributed by atoms with van der Waals surface area (Å²) >= 11 is 1.84. The van der Waals surface area contributed by atoms with Crippen molar-refractivity contribution in [2.24, 2.45) is 0 Å².